The van der Waals surface area contributed by atoms with Crippen molar-refractivity contribution in [3.8, 4) is 11.3 Å². The summed E-state index contributed by atoms with van der Waals surface area (Å²) in [5.41, 5.74) is 9.42. The molecule has 1 atom stereocenters. The van der Waals surface area contributed by atoms with Crippen LogP contribution in [-0.2, 0) is 10.0 Å². The van der Waals surface area contributed by atoms with Gasteiger partial charge in [0.2, 0.25) is 0 Å². The van der Waals surface area contributed by atoms with Crippen LogP contribution in [0.15, 0.2) is 53.6 Å². The van der Waals surface area contributed by atoms with Crippen molar-refractivity contribution in [3.63, 3.8) is 0 Å². The Balaban J connectivity index is 1.58. The number of allylic oxidation sites excluding steroid dienone is 1. The minimum atomic E-state index is -4.13. The van der Waals surface area contributed by atoms with Crippen LogP contribution in [0.25, 0.3) is 22.3 Å². The molecule has 0 saturated heterocycles. The van der Waals surface area contributed by atoms with Gasteiger partial charge < -0.3 is 11.1 Å². The van der Waals surface area contributed by atoms with Crippen LogP contribution < -0.4 is 15.8 Å². The zero-order valence-corrected chi connectivity index (χ0v) is 24.5. The molecule has 4 N–H and O–H groups in total. The van der Waals surface area contributed by atoms with Gasteiger partial charge in [0.15, 0.2) is 0 Å². The molecule has 2 aromatic heterocycles. The maximum atomic E-state index is 15.7. The molecule has 1 aliphatic carbocycles. The summed E-state index contributed by atoms with van der Waals surface area (Å²) in [4.78, 5) is 9.07. The summed E-state index contributed by atoms with van der Waals surface area (Å²) >= 11 is 12.0. The van der Waals surface area contributed by atoms with Crippen molar-refractivity contribution in [3.05, 3.63) is 76.1 Å². The van der Waals surface area contributed by atoms with Crippen molar-refractivity contribution in [2.45, 2.75) is 50.0 Å². The summed E-state index contributed by atoms with van der Waals surface area (Å²) in [6, 6.07) is 8.55. The Hall–Kier alpha value is -3.18. The van der Waals surface area contributed by atoms with Crippen LogP contribution in [0.2, 0.25) is 10.0 Å². The van der Waals surface area contributed by atoms with E-state index in [1.807, 2.05) is 25.3 Å². The molecular weight excluding hydrogens is 574 g/mol. The van der Waals surface area contributed by atoms with E-state index in [4.69, 9.17) is 33.9 Å². The number of sulfonamides is 1. The highest BCUT2D eigenvalue weighted by atomic mass is 35.5. The Bertz CT molecular complexity index is 1750. The van der Waals surface area contributed by atoms with Gasteiger partial charge in [-0.15, -0.1) is 0 Å². The molecule has 5 rings (SSSR count). The fraction of sp³-hybridized carbons (Fsp3) is 0.286. The van der Waals surface area contributed by atoms with E-state index in [0.717, 1.165) is 42.4 Å². The van der Waals surface area contributed by atoms with Gasteiger partial charge in [-0.05, 0) is 68.3 Å². The largest absolute Gasteiger partial charge is 0.382 e. The van der Waals surface area contributed by atoms with Crippen LogP contribution in [0.3, 0.4) is 0 Å². The number of nitrogen functional groups attached to an aromatic ring is 1. The van der Waals surface area contributed by atoms with Crippen LogP contribution in [0, 0.1) is 5.82 Å². The van der Waals surface area contributed by atoms with Crippen LogP contribution in [0.4, 0.5) is 15.9 Å². The molecule has 2 heterocycles. The summed E-state index contributed by atoms with van der Waals surface area (Å²) < 4.78 is 45.9. The first kappa shape index (κ1) is 28.4. The van der Waals surface area contributed by atoms with E-state index in [2.05, 4.69) is 21.1 Å². The quantitative estimate of drug-likeness (QED) is 0.222. The summed E-state index contributed by atoms with van der Waals surface area (Å²) in [5, 5.41) is 3.52. The Morgan fingerprint density at radius 1 is 1.18 bits per heavy atom. The monoisotopic (exact) mass is 602 g/mol. The van der Waals surface area contributed by atoms with Gasteiger partial charge in [0.05, 0.1) is 22.6 Å². The second-order valence-electron chi connectivity index (χ2n) is 10.1. The smallest absolute Gasteiger partial charge is 0.263 e. The molecule has 210 valence electrons. The Labute approximate surface area is 242 Å². The molecule has 0 spiro atoms. The molecule has 0 saturated carbocycles. The topological polar surface area (TPSA) is 114 Å². The van der Waals surface area contributed by atoms with E-state index in [0.29, 0.717) is 17.3 Å². The van der Waals surface area contributed by atoms with E-state index in [1.165, 1.54) is 30.3 Å². The summed E-state index contributed by atoms with van der Waals surface area (Å²) in [7, 11) is -2.17. The van der Waals surface area contributed by atoms with E-state index in [9.17, 15) is 8.42 Å². The maximum absolute atomic E-state index is 15.7. The summed E-state index contributed by atoms with van der Waals surface area (Å²) in [5.74, 6) is 0.284. The number of hydrogen-bond donors (Lipinski definition) is 3. The predicted octanol–water partition coefficient (Wildman–Crippen LogP) is 6.50. The molecular formula is C28H29Cl2FN6O2S. The number of nitrogens with one attached hydrogen (secondary N) is 2. The molecule has 0 aliphatic heterocycles. The normalized spacial score (nSPS) is 16.0. The van der Waals surface area contributed by atoms with Crippen molar-refractivity contribution in [1.82, 2.24) is 19.7 Å². The molecule has 1 unspecified atom stereocenters. The van der Waals surface area contributed by atoms with Gasteiger partial charge in [-0.1, -0.05) is 43.1 Å². The lowest BCUT2D eigenvalue weighted by Gasteiger charge is -2.22. The number of benzene rings is 2. The number of anilines is 2. The highest BCUT2D eigenvalue weighted by Gasteiger charge is 2.26. The van der Waals surface area contributed by atoms with Gasteiger partial charge in [-0.3, -0.25) is 9.12 Å². The number of nitrogens with two attached hydrogens (primary N) is 1. The molecule has 0 bridgehead atoms. The van der Waals surface area contributed by atoms with Crippen molar-refractivity contribution in [2.24, 2.45) is 0 Å². The molecule has 40 heavy (non-hydrogen) atoms. The molecule has 0 amide bonds. The number of hydrogen-bond acceptors (Lipinski definition) is 6. The van der Waals surface area contributed by atoms with E-state index < -0.39 is 15.8 Å². The molecule has 0 radical (unpaired) electrons. The average molecular weight is 604 g/mol. The second-order valence-corrected chi connectivity index (χ2v) is 12.5. The number of imidazole rings is 1. The zero-order valence-electron chi connectivity index (χ0n) is 22.2. The first-order valence-corrected chi connectivity index (χ1v) is 15.0. The van der Waals surface area contributed by atoms with Crippen LogP contribution in [-0.4, -0.2) is 35.9 Å². The minimum absolute atomic E-state index is 0.00646. The van der Waals surface area contributed by atoms with Crippen molar-refractivity contribution >= 4 is 55.8 Å². The van der Waals surface area contributed by atoms with E-state index in [-0.39, 0.29) is 37.9 Å². The van der Waals surface area contributed by atoms with Gasteiger partial charge >= 0.3 is 0 Å². The Morgan fingerprint density at radius 2 is 1.95 bits per heavy atom. The first-order chi connectivity index (χ1) is 19.0. The standard InChI is InChI=1S/C28H29Cl2FN6O2S/c1-15(2)28-35-25(26-27(32)34-14-23(37(26)28)16-4-7-18(33-3)8-5-16)20-10-9-19(13-22(20)31)36-40(38,39)24-12-17(29)6-11-21(24)30/h4,6,9-15,18,33,36H,5,7-8H2,1-3H3,(H2,32,34). The van der Waals surface area contributed by atoms with Gasteiger partial charge in [-0.2, -0.15) is 0 Å². The van der Waals surface area contributed by atoms with Crippen molar-refractivity contribution in [1.29, 1.82) is 0 Å². The summed E-state index contributed by atoms with van der Waals surface area (Å²) in [6.07, 6.45) is 6.69. The third kappa shape index (κ3) is 5.28. The average Bonchev–Trinajstić information content (AvgIpc) is 3.32. The lowest BCUT2D eigenvalue weighted by Crippen LogP contribution is -2.26. The fourth-order valence-electron chi connectivity index (χ4n) is 4.96. The lowest BCUT2D eigenvalue weighted by atomic mass is 9.93. The SMILES string of the molecule is CNC1CC=C(c2cnc(N)c3c(-c4ccc(NS(=O)(=O)c5cc(Cl)ccc5Cl)cc4F)nc(C(C)C)n23)CC1. The number of nitrogens with zero attached hydrogens (tertiary/aromatic N) is 3. The first-order valence-electron chi connectivity index (χ1n) is 12.8. The fourth-order valence-corrected chi connectivity index (χ4v) is 6.77. The molecule has 2 aromatic carbocycles. The Kier molecular flexibility index (Phi) is 7.80. The summed E-state index contributed by atoms with van der Waals surface area (Å²) in [6.45, 7) is 4.03. The molecule has 1 aliphatic rings. The lowest BCUT2D eigenvalue weighted by molar-refractivity contribution is 0.522. The number of aromatic nitrogens is 3. The van der Waals surface area contributed by atoms with E-state index >= 15 is 4.39 Å². The third-order valence-electron chi connectivity index (χ3n) is 7.04. The zero-order chi connectivity index (χ0) is 28.8. The molecule has 4 aromatic rings. The molecule has 12 heteroatoms. The van der Waals surface area contributed by atoms with Gasteiger partial charge in [0.25, 0.3) is 10.0 Å². The number of halogens is 3. The van der Waals surface area contributed by atoms with Crippen molar-refractivity contribution < 1.29 is 12.8 Å². The van der Waals surface area contributed by atoms with Crippen molar-refractivity contribution in [2.75, 3.05) is 17.5 Å². The second kappa shape index (κ2) is 11.0. The minimum Gasteiger partial charge on any atom is -0.382 e. The van der Waals surface area contributed by atoms with Gasteiger partial charge in [-0.25, -0.2) is 22.8 Å². The third-order valence-corrected chi connectivity index (χ3v) is 9.13. The van der Waals surface area contributed by atoms with Gasteiger partial charge in [0.1, 0.15) is 33.6 Å². The van der Waals surface area contributed by atoms with Gasteiger partial charge in [0, 0.05) is 22.5 Å². The number of fused-ring (bicyclic) bond motifs is 1. The van der Waals surface area contributed by atoms with Crippen LogP contribution in [0.5, 0.6) is 0 Å². The van der Waals surface area contributed by atoms with E-state index in [1.54, 1.807) is 6.20 Å². The Morgan fingerprint density at radius 3 is 2.60 bits per heavy atom. The molecule has 0 fully saturated rings. The van der Waals surface area contributed by atoms with Crippen LogP contribution >= 0.6 is 23.2 Å². The predicted molar refractivity (Wildman–Crippen MR) is 159 cm³/mol. The molecule has 8 nitrogen and oxygen atoms in total. The highest BCUT2D eigenvalue weighted by Crippen LogP contribution is 2.37. The number of rotatable bonds is 7. The maximum Gasteiger partial charge on any atom is 0.263 e. The van der Waals surface area contributed by atoms with Crippen LogP contribution in [0.1, 0.15) is 50.5 Å². The highest BCUT2D eigenvalue weighted by molar-refractivity contribution is 7.92.